The van der Waals surface area contributed by atoms with Crippen molar-refractivity contribution >= 4 is 23.8 Å². The number of carbonyl (C=O) groups excluding carboxylic acids is 3. The van der Waals surface area contributed by atoms with E-state index in [1.807, 2.05) is 6.07 Å². The fraction of sp³-hybridized carbons (Fsp3) is 0.737. The SMILES string of the molecule is NC(=O)CC[C@@H](C(=O)O)N(CCO[C@H]1O[C@H](CO[C@H]2O[C@H](CO)[C@@H](O)[C@H](O)[C@@H]2O)[C@@H](O)[C@H](O[C@H]2O[C@H](CO)[C@@H](O)[C@H](O)[C@@H]2O)[C@@H]1O)C(=O)CCCCC(=O)OCc1ccccc1. The van der Waals surface area contributed by atoms with Gasteiger partial charge in [0.25, 0.3) is 0 Å². The Labute approximate surface area is 354 Å². The Morgan fingerprint density at radius 3 is 1.84 bits per heavy atom. The zero-order valence-corrected chi connectivity index (χ0v) is 33.5. The van der Waals surface area contributed by atoms with Gasteiger partial charge in [0.1, 0.15) is 85.9 Å². The summed E-state index contributed by atoms with van der Waals surface area (Å²) in [6, 6.07) is 7.36. The first kappa shape index (κ1) is 51.1. The molecular formula is C38H58N2O22. The molecule has 3 saturated heterocycles. The average molecular weight is 895 g/mol. The van der Waals surface area contributed by atoms with Crippen molar-refractivity contribution in [3.63, 3.8) is 0 Å². The van der Waals surface area contributed by atoms with Crippen LogP contribution in [0.1, 0.15) is 44.1 Å². The number of aliphatic hydroxyl groups is 10. The fourth-order valence-corrected chi connectivity index (χ4v) is 6.98. The number of amides is 2. The van der Waals surface area contributed by atoms with Crippen LogP contribution >= 0.6 is 0 Å². The summed E-state index contributed by atoms with van der Waals surface area (Å²) in [5.74, 6) is -3.55. The molecular weight excluding hydrogens is 836 g/mol. The van der Waals surface area contributed by atoms with E-state index in [0.717, 1.165) is 10.5 Å². The molecule has 0 aliphatic carbocycles. The molecule has 0 spiro atoms. The van der Waals surface area contributed by atoms with E-state index in [1.54, 1.807) is 24.3 Å². The molecule has 24 nitrogen and oxygen atoms in total. The zero-order valence-electron chi connectivity index (χ0n) is 33.5. The number of primary amides is 1. The highest BCUT2D eigenvalue weighted by molar-refractivity contribution is 5.84. The van der Waals surface area contributed by atoms with Crippen LogP contribution in [0.15, 0.2) is 30.3 Å². The molecule has 3 aliphatic heterocycles. The normalized spacial score (nSPS) is 34.3. The van der Waals surface area contributed by atoms with Gasteiger partial charge in [-0.2, -0.15) is 0 Å². The van der Waals surface area contributed by atoms with E-state index in [9.17, 15) is 75.3 Å². The summed E-state index contributed by atoms with van der Waals surface area (Å²) in [6.07, 6.45) is -27.6. The number of aliphatic hydroxyl groups excluding tert-OH is 10. The topological polar surface area (TPSA) is 385 Å². The number of hydrogen-bond acceptors (Lipinski definition) is 21. The molecule has 0 aromatic heterocycles. The number of carboxylic acid groups (broad SMARTS) is 1. The van der Waals surface area contributed by atoms with Gasteiger partial charge in [-0.25, -0.2) is 4.79 Å². The first-order chi connectivity index (χ1) is 29.5. The molecule has 0 saturated carbocycles. The summed E-state index contributed by atoms with van der Waals surface area (Å²) in [7, 11) is 0. The standard InChI is InChI=1S/C38H58N2O22/c39-23(43)11-10-19(35(54)55)40(24(44)8-4-5-9-25(45)57-16-18-6-2-1-3-7-18)12-13-56-37-33(53)34(62-38-32(52)30(50)27(47)21(15-42)60-38)28(48)22(61-37)17-58-36-31(51)29(49)26(46)20(14-41)59-36/h1-3,6-7,19-22,26-34,36-38,41-42,46-53H,4-5,8-17H2,(H2,39,43)(H,54,55)/t19-,20+,21+,22+,26+,27+,28+,29-,30-,31-,32-,33-,34-,36-,37-,38+/m0/s1. The molecule has 3 aliphatic rings. The number of esters is 1. The molecule has 13 N–H and O–H groups in total. The van der Waals surface area contributed by atoms with Crippen molar-refractivity contribution in [1.82, 2.24) is 4.90 Å². The number of unbranched alkanes of at least 4 members (excludes halogenated alkanes) is 1. The first-order valence-corrected chi connectivity index (χ1v) is 20.0. The van der Waals surface area contributed by atoms with Gasteiger partial charge in [0.15, 0.2) is 18.9 Å². The highest BCUT2D eigenvalue weighted by Gasteiger charge is 2.52. The maximum Gasteiger partial charge on any atom is 0.326 e. The Bertz CT molecular complexity index is 1560. The average Bonchev–Trinajstić information content (AvgIpc) is 3.25. The van der Waals surface area contributed by atoms with E-state index in [4.69, 9.17) is 38.9 Å². The molecule has 3 fully saturated rings. The summed E-state index contributed by atoms with van der Waals surface area (Å²) in [6.45, 7) is -3.41. The maximum atomic E-state index is 13.5. The molecule has 4 rings (SSSR count). The highest BCUT2D eigenvalue weighted by Crippen LogP contribution is 2.31. The summed E-state index contributed by atoms with van der Waals surface area (Å²) in [5, 5.41) is 114. The number of carboxylic acids is 1. The zero-order chi connectivity index (χ0) is 45.7. The van der Waals surface area contributed by atoms with Crippen LogP contribution in [0.4, 0.5) is 0 Å². The van der Waals surface area contributed by atoms with Crippen molar-refractivity contribution in [1.29, 1.82) is 0 Å². The monoisotopic (exact) mass is 894 g/mol. The molecule has 2 amide bonds. The number of nitrogens with two attached hydrogens (primary N) is 1. The van der Waals surface area contributed by atoms with Gasteiger partial charge >= 0.3 is 11.9 Å². The molecule has 24 heteroatoms. The van der Waals surface area contributed by atoms with Crippen molar-refractivity contribution in [3.05, 3.63) is 35.9 Å². The summed E-state index contributed by atoms with van der Waals surface area (Å²) < 4.78 is 38.7. The maximum absolute atomic E-state index is 13.5. The molecule has 1 aromatic rings. The molecule has 1 aromatic carbocycles. The second kappa shape index (κ2) is 24.5. The number of nitrogens with zero attached hydrogens (tertiary/aromatic N) is 1. The molecule has 0 radical (unpaired) electrons. The second-order valence-electron chi connectivity index (χ2n) is 15.0. The molecule has 0 bridgehead atoms. The van der Waals surface area contributed by atoms with Crippen LogP contribution in [0, 0.1) is 0 Å². The Kier molecular flexibility index (Phi) is 20.2. The lowest BCUT2D eigenvalue weighted by Gasteiger charge is -2.46. The quantitative estimate of drug-likeness (QED) is 0.0360. The highest BCUT2D eigenvalue weighted by atomic mass is 16.7. The van der Waals surface area contributed by atoms with Gasteiger partial charge in [0.2, 0.25) is 11.8 Å². The minimum Gasteiger partial charge on any atom is -0.480 e. The van der Waals surface area contributed by atoms with Gasteiger partial charge in [-0.1, -0.05) is 30.3 Å². The Morgan fingerprint density at radius 2 is 1.24 bits per heavy atom. The lowest BCUT2D eigenvalue weighted by atomic mass is 9.96. The van der Waals surface area contributed by atoms with Crippen LogP contribution in [0.25, 0.3) is 0 Å². The Morgan fingerprint density at radius 1 is 0.677 bits per heavy atom. The van der Waals surface area contributed by atoms with Gasteiger partial charge in [-0.05, 0) is 24.8 Å². The van der Waals surface area contributed by atoms with Crippen molar-refractivity contribution in [2.75, 3.05) is 33.0 Å². The van der Waals surface area contributed by atoms with E-state index in [1.165, 1.54) is 0 Å². The van der Waals surface area contributed by atoms with Crippen molar-refractivity contribution in [3.8, 4) is 0 Å². The number of carbonyl (C=O) groups is 4. The Balaban J connectivity index is 1.47. The van der Waals surface area contributed by atoms with Crippen molar-refractivity contribution in [2.45, 2.75) is 143 Å². The van der Waals surface area contributed by atoms with E-state index >= 15 is 0 Å². The van der Waals surface area contributed by atoms with E-state index in [-0.39, 0.29) is 38.7 Å². The molecule has 352 valence electrons. The van der Waals surface area contributed by atoms with Crippen LogP contribution < -0.4 is 5.73 Å². The third-order valence-electron chi connectivity index (χ3n) is 10.6. The molecule has 0 unspecified atom stereocenters. The second-order valence-corrected chi connectivity index (χ2v) is 15.0. The number of benzene rings is 1. The van der Waals surface area contributed by atoms with Gasteiger partial charge < -0.3 is 100.0 Å². The summed E-state index contributed by atoms with van der Waals surface area (Å²) >= 11 is 0. The van der Waals surface area contributed by atoms with Crippen LogP contribution in [0.3, 0.4) is 0 Å². The largest absolute Gasteiger partial charge is 0.480 e. The molecule has 62 heavy (non-hydrogen) atoms. The predicted molar refractivity (Wildman–Crippen MR) is 201 cm³/mol. The minimum atomic E-state index is -2.00. The van der Waals surface area contributed by atoms with E-state index < -0.39 is 161 Å². The van der Waals surface area contributed by atoms with Gasteiger partial charge in [-0.15, -0.1) is 0 Å². The van der Waals surface area contributed by atoms with E-state index in [0.29, 0.717) is 0 Å². The van der Waals surface area contributed by atoms with Crippen LogP contribution in [0.5, 0.6) is 0 Å². The summed E-state index contributed by atoms with van der Waals surface area (Å²) in [5.41, 5.74) is 6.04. The van der Waals surface area contributed by atoms with Gasteiger partial charge in [0, 0.05) is 25.8 Å². The molecule has 16 atom stereocenters. The third-order valence-corrected chi connectivity index (χ3v) is 10.6. The van der Waals surface area contributed by atoms with Crippen molar-refractivity contribution < 1.29 is 109 Å². The van der Waals surface area contributed by atoms with Crippen molar-refractivity contribution in [2.24, 2.45) is 5.73 Å². The Hall–Kier alpha value is -3.54. The smallest absolute Gasteiger partial charge is 0.326 e. The van der Waals surface area contributed by atoms with Crippen LogP contribution in [-0.2, 0) is 58.9 Å². The number of aliphatic carboxylic acids is 1. The lowest BCUT2D eigenvalue weighted by Crippen LogP contribution is -2.65. The number of hydrogen-bond donors (Lipinski definition) is 12. The van der Waals surface area contributed by atoms with Gasteiger partial charge in [0.05, 0.1) is 26.4 Å². The summed E-state index contributed by atoms with van der Waals surface area (Å²) in [4.78, 5) is 50.7. The van der Waals surface area contributed by atoms with Crippen LogP contribution in [0.2, 0.25) is 0 Å². The predicted octanol–water partition coefficient (Wildman–Crippen LogP) is -5.70. The third kappa shape index (κ3) is 13.7. The lowest BCUT2D eigenvalue weighted by molar-refractivity contribution is -0.366. The fourth-order valence-electron chi connectivity index (χ4n) is 6.98. The van der Waals surface area contributed by atoms with E-state index in [2.05, 4.69) is 0 Å². The minimum absolute atomic E-state index is 0.0381. The number of ether oxygens (including phenoxy) is 7. The molecule has 3 heterocycles. The first-order valence-electron chi connectivity index (χ1n) is 20.0. The van der Waals surface area contributed by atoms with Crippen LogP contribution in [-0.4, -0.2) is 216 Å². The van der Waals surface area contributed by atoms with Gasteiger partial charge in [-0.3, -0.25) is 14.4 Å². The number of rotatable bonds is 23.